The number of amides is 2. The third kappa shape index (κ3) is 5.74. The van der Waals surface area contributed by atoms with E-state index in [9.17, 15) is 9.59 Å². The van der Waals surface area contributed by atoms with Crippen molar-refractivity contribution in [3.8, 4) is 22.8 Å². The van der Waals surface area contributed by atoms with Crippen LogP contribution >= 0.6 is 0 Å². The molecule has 3 N–H and O–H groups in total. The van der Waals surface area contributed by atoms with E-state index in [-0.39, 0.29) is 11.8 Å². The van der Waals surface area contributed by atoms with E-state index in [1.54, 1.807) is 0 Å². The van der Waals surface area contributed by atoms with Gasteiger partial charge in [-0.25, -0.2) is 4.98 Å². The highest BCUT2D eigenvalue weighted by molar-refractivity contribution is 6.35. The van der Waals surface area contributed by atoms with Crippen LogP contribution in [0, 0.1) is 20.8 Å². The first kappa shape index (κ1) is 28.1. The van der Waals surface area contributed by atoms with Gasteiger partial charge in [0.15, 0.2) is 5.76 Å². The molecular formula is C33H37N5O3. The lowest BCUT2D eigenvalue weighted by Crippen LogP contribution is -2.35. The number of fused-ring (bicyclic) bond motifs is 1. The van der Waals surface area contributed by atoms with Crippen LogP contribution in [0.5, 0.6) is 0 Å². The zero-order valence-corrected chi connectivity index (χ0v) is 24.4. The number of rotatable bonds is 10. The van der Waals surface area contributed by atoms with Crippen molar-refractivity contribution in [2.24, 2.45) is 0 Å². The second kappa shape index (κ2) is 12.0. The Bertz CT molecular complexity index is 1610. The maximum absolute atomic E-state index is 13.1. The van der Waals surface area contributed by atoms with Crippen LogP contribution in [-0.4, -0.2) is 52.9 Å². The molecule has 2 aromatic carbocycles. The highest BCUT2D eigenvalue weighted by Gasteiger charge is 2.27. The van der Waals surface area contributed by atoms with E-state index in [0.29, 0.717) is 29.3 Å². The topological polar surface area (TPSA) is 103 Å². The Kier molecular flexibility index (Phi) is 8.21. The number of likely N-dealkylation sites (N-methyl/N-ethyl adjacent to an activating group) is 1. The van der Waals surface area contributed by atoms with E-state index >= 15 is 0 Å². The molecule has 4 aromatic rings. The number of aromatic nitrogens is 2. The van der Waals surface area contributed by atoms with Gasteiger partial charge in [-0.15, -0.1) is 0 Å². The van der Waals surface area contributed by atoms with Crippen LogP contribution < -0.4 is 10.6 Å². The van der Waals surface area contributed by atoms with Gasteiger partial charge in [0.25, 0.3) is 11.8 Å². The summed E-state index contributed by atoms with van der Waals surface area (Å²) in [5.74, 6) is 0.920. The molecule has 3 heterocycles. The molecule has 0 bridgehead atoms. The first-order chi connectivity index (χ1) is 19.8. The summed E-state index contributed by atoms with van der Waals surface area (Å²) in [6.07, 6.45) is 2.91. The molecule has 0 unspecified atom stereocenters. The minimum Gasteiger partial charge on any atom is -0.436 e. The van der Waals surface area contributed by atoms with Crippen molar-refractivity contribution in [2.45, 2.75) is 41.0 Å². The summed E-state index contributed by atoms with van der Waals surface area (Å²) in [5, 5.41) is 6.02. The summed E-state index contributed by atoms with van der Waals surface area (Å²) >= 11 is 0. The van der Waals surface area contributed by atoms with Crippen molar-refractivity contribution in [3.05, 3.63) is 82.3 Å². The van der Waals surface area contributed by atoms with Gasteiger partial charge in [-0.1, -0.05) is 32.0 Å². The van der Waals surface area contributed by atoms with Crippen LogP contribution in [0.15, 0.2) is 52.9 Å². The largest absolute Gasteiger partial charge is 0.436 e. The zero-order valence-electron chi connectivity index (χ0n) is 24.4. The Balaban J connectivity index is 1.41. The number of benzene rings is 2. The molecule has 41 heavy (non-hydrogen) atoms. The smallest absolute Gasteiger partial charge is 0.256 e. The summed E-state index contributed by atoms with van der Waals surface area (Å²) in [7, 11) is 0. The lowest BCUT2D eigenvalue weighted by Gasteiger charge is -2.19. The summed E-state index contributed by atoms with van der Waals surface area (Å²) in [4.78, 5) is 36.4. The van der Waals surface area contributed by atoms with Crippen LogP contribution in [0.2, 0.25) is 0 Å². The molecule has 2 amide bonds. The van der Waals surface area contributed by atoms with Crippen LogP contribution in [0.3, 0.4) is 0 Å². The quantitative estimate of drug-likeness (QED) is 0.203. The maximum Gasteiger partial charge on any atom is 0.256 e. The Morgan fingerprint density at radius 1 is 1.05 bits per heavy atom. The summed E-state index contributed by atoms with van der Waals surface area (Å²) in [6.45, 7) is 13.4. The Labute approximate surface area is 240 Å². The van der Waals surface area contributed by atoms with E-state index in [4.69, 9.17) is 4.42 Å². The van der Waals surface area contributed by atoms with E-state index in [1.165, 1.54) is 0 Å². The molecule has 212 valence electrons. The first-order valence-electron chi connectivity index (χ1n) is 14.2. The highest BCUT2D eigenvalue weighted by Crippen LogP contribution is 2.38. The number of aromatic amines is 1. The molecule has 0 atom stereocenters. The number of carbonyl (C=O) groups is 2. The number of carbonyl (C=O) groups excluding carboxylic acids is 2. The number of H-pyrrole nitrogens is 1. The van der Waals surface area contributed by atoms with Crippen LogP contribution in [-0.2, 0) is 4.79 Å². The molecule has 0 aliphatic carbocycles. The number of nitrogens with one attached hydrogen (secondary N) is 3. The van der Waals surface area contributed by atoms with E-state index < -0.39 is 0 Å². The van der Waals surface area contributed by atoms with Crippen molar-refractivity contribution < 1.29 is 14.0 Å². The highest BCUT2D eigenvalue weighted by atomic mass is 16.4. The van der Waals surface area contributed by atoms with E-state index in [1.807, 2.05) is 75.4 Å². The van der Waals surface area contributed by atoms with Crippen molar-refractivity contribution in [3.63, 3.8) is 0 Å². The molecule has 1 aliphatic heterocycles. The SMILES string of the molecule is CCCN(CC)CCNC(=O)c1c(C)[nH]c(/C=C2\C(=O)Nc3ccc(-c4oc(-c5ccccc5)nc4C)cc32)c1C. The number of aryl methyl sites for hydroxylation is 2. The van der Waals surface area contributed by atoms with Gasteiger partial charge in [0, 0.05) is 46.9 Å². The van der Waals surface area contributed by atoms with Gasteiger partial charge in [0.2, 0.25) is 5.89 Å². The molecular weight excluding hydrogens is 514 g/mol. The monoisotopic (exact) mass is 551 g/mol. The standard InChI is InChI=1S/C33H37N5O3/c1-6-16-38(7-2)17-15-34-32(40)29-20(3)28(35-21(29)4)19-26-25-18-24(13-14-27(25)37-31(26)39)30-22(5)36-33(41-30)23-11-9-8-10-12-23/h8-14,18-19,35H,6-7,15-17H2,1-5H3,(H,34,40)(H,37,39)/b26-19-. The van der Waals surface area contributed by atoms with Crippen LogP contribution in [0.25, 0.3) is 34.4 Å². The molecule has 0 radical (unpaired) electrons. The fourth-order valence-corrected chi connectivity index (χ4v) is 5.40. The Morgan fingerprint density at radius 3 is 2.56 bits per heavy atom. The second-order valence-corrected chi connectivity index (χ2v) is 10.4. The lowest BCUT2D eigenvalue weighted by molar-refractivity contribution is -0.110. The van der Waals surface area contributed by atoms with Crippen LogP contribution in [0.1, 0.15) is 58.8 Å². The molecule has 8 nitrogen and oxygen atoms in total. The summed E-state index contributed by atoms with van der Waals surface area (Å²) < 4.78 is 6.17. The van der Waals surface area contributed by atoms with Gasteiger partial charge in [-0.2, -0.15) is 0 Å². The molecule has 0 fully saturated rings. The van der Waals surface area contributed by atoms with Gasteiger partial charge in [0.05, 0.1) is 16.8 Å². The van der Waals surface area contributed by atoms with E-state index in [0.717, 1.165) is 71.1 Å². The van der Waals surface area contributed by atoms with Crippen molar-refractivity contribution >= 4 is 29.2 Å². The molecule has 8 heteroatoms. The van der Waals surface area contributed by atoms with Gasteiger partial charge >= 0.3 is 0 Å². The third-order valence-corrected chi connectivity index (χ3v) is 7.57. The number of hydrogen-bond acceptors (Lipinski definition) is 5. The fourth-order valence-electron chi connectivity index (χ4n) is 5.40. The normalized spacial score (nSPS) is 13.6. The first-order valence-corrected chi connectivity index (χ1v) is 14.2. The van der Waals surface area contributed by atoms with Gasteiger partial charge < -0.3 is 24.9 Å². The predicted molar refractivity (Wildman–Crippen MR) is 164 cm³/mol. The van der Waals surface area contributed by atoms with Crippen molar-refractivity contribution in [1.82, 2.24) is 20.2 Å². The minimum atomic E-state index is -0.190. The van der Waals surface area contributed by atoms with E-state index in [2.05, 4.69) is 39.3 Å². The molecule has 5 rings (SSSR count). The molecule has 0 spiro atoms. The number of anilines is 1. The van der Waals surface area contributed by atoms with Gasteiger partial charge in [-0.3, -0.25) is 9.59 Å². The molecule has 0 saturated carbocycles. The van der Waals surface area contributed by atoms with Gasteiger partial charge in [0.1, 0.15) is 0 Å². The van der Waals surface area contributed by atoms with Crippen molar-refractivity contribution in [1.29, 1.82) is 0 Å². The minimum absolute atomic E-state index is 0.109. The molecule has 2 aromatic heterocycles. The lowest BCUT2D eigenvalue weighted by atomic mass is 10.0. The Morgan fingerprint density at radius 2 is 1.83 bits per heavy atom. The number of hydrogen-bond donors (Lipinski definition) is 3. The maximum atomic E-state index is 13.1. The average Bonchev–Trinajstić information content (AvgIpc) is 3.60. The van der Waals surface area contributed by atoms with Crippen LogP contribution in [0.4, 0.5) is 5.69 Å². The number of oxazole rings is 1. The summed E-state index contributed by atoms with van der Waals surface area (Å²) in [6, 6.07) is 15.5. The fraction of sp³-hybridized carbons (Fsp3) is 0.303. The molecule has 0 saturated heterocycles. The summed E-state index contributed by atoms with van der Waals surface area (Å²) in [5.41, 5.74) is 7.48. The number of nitrogens with zero attached hydrogens (tertiary/aromatic N) is 2. The zero-order chi connectivity index (χ0) is 29.1. The Hall–Kier alpha value is -4.43. The predicted octanol–water partition coefficient (Wildman–Crippen LogP) is 6.22. The van der Waals surface area contributed by atoms with Crippen molar-refractivity contribution in [2.75, 3.05) is 31.5 Å². The second-order valence-electron chi connectivity index (χ2n) is 10.4. The average molecular weight is 552 g/mol. The third-order valence-electron chi connectivity index (χ3n) is 7.57. The molecule has 1 aliphatic rings. The van der Waals surface area contributed by atoms with Gasteiger partial charge in [-0.05, 0) is 82.3 Å².